The van der Waals surface area contributed by atoms with Crippen molar-refractivity contribution in [2.45, 2.75) is 50.9 Å². The minimum Gasteiger partial charge on any atom is -0.377 e. The highest BCUT2D eigenvalue weighted by molar-refractivity contribution is 6.60. The second-order valence-electron chi connectivity index (χ2n) is 6.74. The Labute approximate surface area is 152 Å². The van der Waals surface area contributed by atoms with Crippen molar-refractivity contribution in [1.29, 1.82) is 0 Å². The Morgan fingerprint density at radius 2 is 1.80 bits per heavy atom. The highest BCUT2D eigenvalue weighted by Gasteiger charge is 2.37. The maximum absolute atomic E-state index is 10.3. The molecule has 0 aliphatic carbocycles. The Bertz CT molecular complexity index is 423. The molecule has 0 saturated heterocycles. The van der Waals surface area contributed by atoms with Crippen molar-refractivity contribution in [3.63, 3.8) is 0 Å². The normalized spacial score (nSPS) is 20.4. The molecule has 8 heteroatoms. The van der Waals surface area contributed by atoms with Crippen molar-refractivity contribution in [3.8, 4) is 0 Å². The lowest BCUT2D eigenvalue weighted by atomic mass is 10.2. The minimum atomic E-state index is -2.54. The molecule has 2 aliphatic rings. The number of aliphatic hydroxyl groups excluding tert-OH is 1. The average molecular weight is 376 g/mol. The SMILES string of the molecule is CO[Si](CCCOC(O)CN1CCC[N+]2=C1CCCCC2)(OC)OC. The zero-order valence-corrected chi connectivity index (χ0v) is 17.0. The Balaban J connectivity index is 1.75. The van der Waals surface area contributed by atoms with Gasteiger partial charge in [-0.2, -0.15) is 0 Å². The van der Waals surface area contributed by atoms with E-state index >= 15 is 0 Å². The summed E-state index contributed by atoms with van der Waals surface area (Å²) in [6.07, 6.45) is 6.08. The number of hydrogen-bond donors (Lipinski definition) is 1. The molecule has 146 valence electrons. The van der Waals surface area contributed by atoms with Crippen molar-refractivity contribution >= 4 is 14.6 Å². The highest BCUT2D eigenvalue weighted by atomic mass is 28.4. The minimum absolute atomic E-state index is 0.471. The first kappa shape index (κ1) is 20.8. The Morgan fingerprint density at radius 1 is 1.08 bits per heavy atom. The Kier molecular flexibility index (Phi) is 8.81. The average Bonchev–Trinajstić information content (AvgIpc) is 2.89. The third-order valence-electron chi connectivity index (χ3n) is 5.16. The Hall–Kier alpha value is -0.513. The molecule has 0 aromatic rings. The number of rotatable bonds is 10. The molecule has 0 aromatic heterocycles. The van der Waals surface area contributed by atoms with Crippen molar-refractivity contribution < 1.29 is 27.7 Å². The Morgan fingerprint density at radius 3 is 2.52 bits per heavy atom. The molecule has 0 spiro atoms. The zero-order valence-electron chi connectivity index (χ0n) is 16.0. The summed E-state index contributed by atoms with van der Waals surface area (Å²) in [6.45, 7) is 4.34. The summed E-state index contributed by atoms with van der Waals surface area (Å²) < 4.78 is 24.3. The highest BCUT2D eigenvalue weighted by Crippen LogP contribution is 2.17. The molecule has 1 atom stereocenters. The molecule has 25 heavy (non-hydrogen) atoms. The topological polar surface area (TPSA) is 63.4 Å². The smallest absolute Gasteiger partial charge is 0.377 e. The second-order valence-corrected chi connectivity index (χ2v) is 9.83. The van der Waals surface area contributed by atoms with Gasteiger partial charge in [0.2, 0.25) is 5.84 Å². The van der Waals surface area contributed by atoms with E-state index in [1.165, 1.54) is 25.1 Å². The second kappa shape index (κ2) is 10.6. The summed E-state index contributed by atoms with van der Waals surface area (Å²) in [7, 11) is 2.29. The summed E-state index contributed by atoms with van der Waals surface area (Å²) in [5.74, 6) is 1.40. The summed E-state index contributed by atoms with van der Waals surface area (Å²) in [6, 6.07) is 0.679. The lowest BCUT2D eigenvalue weighted by Crippen LogP contribution is -2.47. The van der Waals surface area contributed by atoms with Crippen LogP contribution in [-0.2, 0) is 18.0 Å². The molecule has 0 aromatic carbocycles. The first-order chi connectivity index (χ1) is 12.1. The number of β-amino-alcohol motifs (C(OH)–C–C–N with tert-alkyl or cyclic N) is 1. The van der Waals surface area contributed by atoms with E-state index in [-0.39, 0.29) is 0 Å². The lowest BCUT2D eigenvalue weighted by molar-refractivity contribution is -0.539. The van der Waals surface area contributed by atoms with Gasteiger partial charge in [-0.3, -0.25) is 9.48 Å². The predicted octanol–water partition coefficient (Wildman–Crippen LogP) is 1.28. The fourth-order valence-electron chi connectivity index (χ4n) is 3.73. The number of nitrogens with zero attached hydrogens (tertiary/aromatic N) is 2. The van der Waals surface area contributed by atoms with Gasteiger partial charge in [-0.25, -0.2) is 0 Å². The van der Waals surface area contributed by atoms with Gasteiger partial charge in [-0.05, 0) is 25.7 Å². The summed E-state index contributed by atoms with van der Waals surface area (Å²) in [4.78, 5) is 2.32. The van der Waals surface area contributed by atoms with Crippen LogP contribution in [0.3, 0.4) is 0 Å². The molecular formula is C17H35N2O5Si+. The molecule has 2 heterocycles. The summed E-state index contributed by atoms with van der Waals surface area (Å²) >= 11 is 0. The van der Waals surface area contributed by atoms with E-state index in [9.17, 15) is 5.11 Å². The summed E-state index contributed by atoms with van der Waals surface area (Å²) in [5, 5.41) is 10.3. The quantitative estimate of drug-likeness (QED) is 0.269. The molecule has 2 rings (SSSR count). The fourth-order valence-corrected chi connectivity index (χ4v) is 5.42. The van der Waals surface area contributed by atoms with E-state index in [0.717, 1.165) is 38.9 Å². The van der Waals surface area contributed by atoms with E-state index < -0.39 is 15.1 Å². The van der Waals surface area contributed by atoms with Crippen LogP contribution in [0.2, 0.25) is 6.04 Å². The third-order valence-corrected chi connectivity index (χ3v) is 7.99. The molecule has 1 N–H and O–H groups in total. The maximum atomic E-state index is 10.3. The van der Waals surface area contributed by atoms with Crippen LogP contribution in [0.4, 0.5) is 0 Å². The molecule has 2 aliphatic heterocycles. The van der Waals surface area contributed by atoms with Crippen LogP contribution in [0.1, 0.15) is 38.5 Å². The number of amidine groups is 1. The predicted molar refractivity (Wildman–Crippen MR) is 97.8 cm³/mol. The number of aliphatic hydroxyl groups is 1. The number of hydrogen-bond acceptors (Lipinski definition) is 6. The van der Waals surface area contributed by atoms with Gasteiger partial charge in [0.25, 0.3) is 0 Å². The molecule has 0 saturated carbocycles. The first-order valence-corrected chi connectivity index (χ1v) is 11.4. The first-order valence-electron chi connectivity index (χ1n) is 9.45. The maximum Gasteiger partial charge on any atom is 0.500 e. The van der Waals surface area contributed by atoms with Gasteiger partial charge in [-0.15, -0.1) is 0 Å². The monoisotopic (exact) mass is 375 g/mol. The molecular weight excluding hydrogens is 340 g/mol. The van der Waals surface area contributed by atoms with Crippen LogP contribution in [-0.4, -0.2) is 89.6 Å². The molecule has 7 nitrogen and oxygen atoms in total. The van der Waals surface area contributed by atoms with Crippen molar-refractivity contribution in [1.82, 2.24) is 4.90 Å². The third kappa shape index (κ3) is 6.01. The fraction of sp³-hybridized carbons (Fsp3) is 0.941. The molecule has 1 unspecified atom stereocenters. The van der Waals surface area contributed by atoms with Gasteiger partial charge in [-0.1, -0.05) is 0 Å². The van der Waals surface area contributed by atoms with Crippen LogP contribution in [0.5, 0.6) is 0 Å². The molecule has 0 fully saturated rings. The van der Waals surface area contributed by atoms with Crippen LogP contribution >= 0.6 is 0 Å². The van der Waals surface area contributed by atoms with Crippen LogP contribution < -0.4 is 0 Å². The van der Waals surface area contributed by atoms with Crippen LogP contribution in [0, 0.1) is 0 Å². The lowest BCUT2D eigenvalue weighted by Gasteiger charge is -2.28. The molecule has 0 radical (unpaired) electrons. The van der Waals surface area contributed by atoms with Gasteiger partial charge in [0.15, 0.2) is 6.29 Å². The van der Waals surface area contributed by atoms with Crippen molar-refractivity contribution in [3.05, 3.63) is 0 Å². The largest absolute Gasteiger partial charge is 0.500 e. The zero-order chi connectivity index (χ0) is 18.1. The number of ether oxygens (including phenoxy) is 1. The molecule has 0 bridgehead atoms. The van der Waals surface area contributed by atoms with E-state index in [1.54, 1.807) is 21.3 Å². The van der Waals surface area contributed by atoms with E-state index in [0.29, 0.717) is 19.2 Å². The van der Waals surface area contributed by atoms with Gasteiger partial charge < -0.3 is 23.1 Å². The van der Waals surface area contributed by atoms with Crippen LogP contribution in [0.15, 0.2) is 0 Å². The van der Waals surface area contributed by atoms with E-state index in [2.05, 4.69) is 9.48 Å². The standard InChI is InChI=1S/C17H35N2O5Si/c1-21-25(22-2,23-3)14-8-13-24-17(20)15-19-12-7-11-18-10-6-4-5-9-16(18)19/h17,20H,4-15H2,1-3H3/q+1. The van der Waals surface area contributed by atoms with Gasteiger partial charge in [0, 0.05) is 46.8 Å². The van der Waals surface area contributed by atoms with E-state index in [4.69, 9.17) is 18.0 Å². The van der Waals surface area contributed by atoms with Crippen molar-refractivity contribution in [2.75, 3.05) is 54.1 Å². The van der Waals surface area contributed by atoms with Gasteiger partial charge >= 0.3 is 8.80 Å². The van der Waals surface area contributed by atoms with Gasteiger partial charge in [0.1, 0.15) is 6.54 Å². The van der Waals surface area contributed by atoms with Crippen LogP contribution in [0.25, 0.3) is 0 Å². The summed E-state index contributed by atoms with van der Waals surface area (Å²) in [5.41, 5.74) is 0. The van der Waals surface area contributed by atoms with E-state index in [1.807, 2.05) is 0 Å². The van der Waals surface area contributed by atoms with Gasteiger partial charge in [0.05, 0.1) is 19.6 Å². The van der Waals surface area contributed by atoms with Crippen molar-refractivity contribution in [2.24, 2.45) is 0 Å². The molecule has 0 amide bonds.